The number of carbonyl (C=O) groups is 1. The summed E-state index contributed by atoms with van der Waals surface area (Å²) < 4.78 is 13.1. The molecule has 1 aliphatic heterocycles. The molecule has 2 fully saturated rings. The lowest BCUT2D eigenvalue weighted by Gasteiger charge is -2.39. The number of nitrogens with one attached hydrogen (secondary N) is 1. The van der Waals surface area contributed by atoms with Crippen LogP contribution in [0.15, 0.2) is 85.7 Å². The minimum atomic E-state index is -0.587. The molecule has 0 bridgehead atoms. The fraction of sp³-hybridized carbons (Fsp3) is 0.375. The van der Waals surface area contributed by atoms with Crippen LogP contribution in [-0.2, 0) is 16.1 Å². The van der Waals surface area contributed by atoms with Gasteiger partial charge in [0.05, 0.1) is 24.4 Å². The number of anilines is 1. The van der Waals surface area contributed by atoms with E-state index >= 15 is 0 Å². The number of hydrogen-bond acceptors (Lipinski definition) is 6. The number of nitrogens with zero attached hydrogens (tertiary/aromatic N) is 2. The first-order chi connectivity index (χ1) is 19.1. The number of carbonyl (C=O) groups excluding carboxylic acids is 1. The van der Waals surface area contributed by atoms with E-state index in [0.29, 0.717) is 17.3 Å². The Morgan fingerprint density at radius 3 is 2.62 bits per heavy atom. The zero-order valence-electron chi connectivity index (χ0n) is 22.2. The molecule has 7 heteroatoms. The Balaban J connectivity index is 1.37. The van der Waals surface area contributed by atoms with Crippen LogP contribution in [0.3, 0.4) is 0 Å². The average Bonchev–Trinajstić information content (AvgIpc) is 3.53. The number of amides is 1. The molecular formula is C32H37N3O4. The first-order valence-electron chi connectivity index (χ1n) is 13.8. The molecule has 2 aliphatic rings. The molecule has 2 N–H and O–H groups in total. The predicted molar refractivity (Wildman–Crippen MR) is 151 cm³/mol. The number of pyridine rings is 1. The van der Waals surface area contributed by atoms with Gasteiger partial charge in [-0.15, -0.1) is 6.58 Å². The van der Waals surface area contributed by atoms with E-state index in [9.17, 15) is 9.90 Å². The molecule has 0 spiro atoms. The van der Waals surface area contributed by atoms with E-state index in [2.05, 4.69) is 21.8 Å². The number of ether oxygens (including phenoxy) is 2. The summed E-state index contributed by atoms with van der Waals surface area (Å²) in [6, 6.07) is 19.6. The topological polar surface area (TPSA) is 83.9 Å². The van der Waals surface area contributed by atoms with Gasteiger partial charge in [0.1, 0.15) is 0 Å². The summed E-state index contributed by atoms with van der Waals surface area (Å²) in [7, 11) is 0. The Kier molecular flexibility index (Phi) is 9.16. The molecule has 1 aliphatic carbocycles. The molecule has 1 amide bonds. The van der Waals surface area contributed by atoms with Gasteiger partial charge < -0.3 is 19.9 Å². The third-order valence-corrected chi connectivity index (χ3v) is 7.60. The van der Waals surface area contributed by atoms with Crippen molar-refractivity contribution in [1.82, 2.24) is 9.88 Å². The quantitative estimate of drug-likeness (QED) is 0.324. The highest BCUT2D eigenvalue weighted by atomic mass is 16.7. The van der Waals surface area contributed by atoms with Crippen LogP contribution >= 0.6 is 0 Å². The van der Waals surface area contributed by atoms with Gasteiger partial charge >= 0.3 is 0 Å². The Labute approximate surface area is 230 Å². The molecular weight excluding hydrogens is 490 g/mol. The van der Waals surface area contributed by atoms with Crippen molar-refractivity contribution < 1.29 is 19.4 Å². The third-order valence-electron chi connectivity index (χ3n) is 7.60. The Bertz CT molecular complexity index is 1230. The van der Waals surface area contributed by atoms with Gasteiger partial charge in [0, 0.05) is 49.2 Å². The minimum absolute atomic E-state index is 0.00955. The van der Waals surface area contributed by atoms with Crippen molar-refractivity contribution in [2.24, 2.45) is 0 Å². The van der Waals surface area contributed by atoms with E-state index < -0.39 is 6.29 Å². The molecule has 39 heavy (non-hydrogen) atoms. The number of rotatable bonds is 10. The van der Waals surface area contributed by atoms with Crippen molar-refractivity contribution in [2.45, 2.75) is 63.3 Å². The van der Waals surface area contributed by atoms with Crippen LogP contribution in [0.1, 0.15) is 71.5 Å². The second kappa shape index (κ2) is 13.1. The van der Waals surface area contributed by atoms with E-state index in [0.717, 1.165) is 36.2 Å². The molecule has 3 aromatic rings. The molecule has 1 saturated heterocycles. The molecule has 2 aromatic carbocycles. The maximum Gasteiger partial charge on any atom is 0.257 e. The molecule has 2 heterocycles. The van der Waals surface area contributed by atoms with Crippen LogP contribution in [0.5, 0.6) is 0 Å². The van der Waals surface area contributed by atoms with Crippen LogP contribution in [0.4, 0.5) is 5.69 Å². The summed E-state index contributed by atoms with van der Waals surface area (Å²) in [6.45, 7) is 5.64. The molecule has 0 radical (unpaired) electrons. The van der Waals surface area contributed by atoms with E-state index in [1.54, 1.807) is 24.5 Å². The molecule has 5 rings (SSSR count). The summed E-state index contributed by atoms with van der Waals surface area (Å²) >= 11 is 0. The van der Waals surface area contributed by atoms with E-state index in [1.165, 1.54) is 25.7 Å². The van der Waals surface area contributed by atoms with Crippen molar-refractivity contribution >= 4 is 11.6 Å². The molecule has 204 valence electrons. The monoisotopic (exact) mass is 527 g/mol. The van der Waals surface area contributed by atoms with E-state index in [-0.39, 0.29) is 24.7 Å². The fourth-order valence-corrected chi connectivity index (χ4v) is 5.57. The number of aliphatic hydroxyl groups excluding tert-OH is 1. The average molecular weight is 528 g/mol. The summed E-state index contributed by atoms with van der Waals surface area (Å²) in [6.07, 6.45) is 10.1. The Morgan fingerprint density at radius 2 is 1.90 bits per heavy atom. The minimum Gasteiger partial charge on any atom is -0.392 e. The third kappa shape index (κ3) is 6.99. The molecule has 1 aromatic heterocycles. The highest BCUT2D eigenvalue weighted by Crippen LogP contribution is 2.39. The molecule has 0 unspecified atom stereocenters. The summed E-state index contributed by atoms with van der Waals surface area (Å²) in [5.74, 6) is -0.220. The smallest absolute Gasteiger partial charge is 0.257 e. The lowest BCUT2D eigenvalue weighted by atomic mass is 9.99. The van der Waals surface area contributed by atoms with Crippen molar-refractivity contribution in [2.75, 3.05) is 18.4 Å². The van der Waals surface area contributed by atoms with Gasteiger partial charge in [-0.1, -0.05) is 55.3 Å². The fourth-order valence-electron chi connectivity index (χ4n) is 5.57. The second-order valence-electron chi connectivity index (χ2n) is 10.4. The number of benzene rings is 2. The number of aliphatic hydroxyl groups is 1. The van der Waals surface area contributed by atoms with Gasteiger partial charge in [-0.05, 0) is 48.2 Å². The van der Waals surface area contributed by atoms with Crippen molar-refractivity contribution in [3.05, 3.63) is 108 Å². The van der Waals surface area contributed by atoms with Gasteiger partial charge in [0.15, 0.2) is 6.29 Å². The first-order valence-corrected chi connectivity index (χ1v) is 13.8. The Morgan fingerprint density at radius 1 is 1.08 bits per heavy atom. The molecule has 3 atom stereocenters. The van der Waals surface area contributed by atoms with Crippen molar-refractivity contribution in [3.8, 4) is 0 Å². The predicted octanol–water partition coefficient (Wildman–Crippen LogP) is 5.80. The Hall–Kier alpha value is -3.36. The van der Waals surface area contributed by atoms with Crippen LogP contribution in [0, 0.1) is 0 Å². The van der Waals surface area contributed by atoms with Crippen molar-refractivity contribution in [1.29, 1.82) is 0 Å². The van der Waals surface area contributed by atoms with Crippen LogP contribution in [0.25, 0.3) is 0 Å². The van der Waals surface area contributed by atoms with Crippen LogP contribution in [0.2, 0.25) is 0 Å². The highest BCUT2D eigenvalue weighted by molar-refractivity contribution is 6.04. The van der Waals surface area contributed by atoms with Gasteiger partial charge in [0.25, 0.3) is 5.91 Å². The van der Waals surface area contributed by atoms with Gasteiger partial charge in [-0.3, -0.25) is 14.7 Å². The van der Waals surface area contributed by atoms with Gasteiger partial charge in [-0.25, -0.2) is 0 Å². The summed E-state index contributed by atoms with van der Waals surface area (Å²) in [5, 5.41) is 12.4. The van der Waals surface area contributed by atoms with Gasteiger partial charge in [0.2, 0.25) is 0 Å². The van der Waals surface area contributed by atoms with Gasteiger partial charge in [-0.2, -0.15) is 0 Å². The summed E-state index contributed by atoms with van der Waals surface area (Å²) in [4.78, 5) is 19.2. The normalized spacial score (nSPS) is 21.6. The largest absolute Gasteiger partial charge is 0.392 e. The zero-order chi connectivity index (χ0) is 27.0. The molecule has 1 saturated carbocycles. The number of aromatic nitrogens is 1. The van der Waals surface area contributed by atoms with E-state index in [4.69, 9.17) is 9.47 Å². The molecule has 7 nitrogen and oxygen atoms in total. The SMILES string of the molecule is C=CCN(C[C@@H]1C[C@H](c2ccc(CO)cc2)O[C@H](c2cccc(NC(=O)c3cccnc3)c2)O1)C1CCCC1. The van der Waals surface area contributed by atoms with E-state index in [1.807, 2.05) is 54.6 Å². The number of hydrogen-bond donors (Lipinski definition) is 2. The second-order valence-corrected chi connectivity index (χ2v) is 10.4. The zero-order valence-corrected chi connectivity index (χ0v) is 22.2. The summed E-state index contributed by atoms with van der Waals surface area (Å²) in [5.41, 5.74) is 3.93. The van der Waals surface area contributed by atoms with Crippen LogP contribution in [-0.4, -0.2) is 46.1 Å². The lowest BCUT2D eigenvalue weighted by Crippen LogP contribution is -2.43. The standard InChI is InChI=1S/C32H37N3O4/c1-2-17-35(28-10-3-4-11-28)21-29-19-30(24-14-12-23(22-36)13-15-24)39-32(38-29)25-7-5-9-27(18-25)34-31(37)26-8-6-16-33-20-26/h2,5-9,12-16,18,20,28-30,32,36H,1,3-4,10-11,17,19,21-22H2,(H,34,37)/t29-,30+,32+/m0/s1. The maximum atomic E-state index is 12.7. The maximum absolute atomic E-state index is 12.7. The first kappa shape index (κ1) is 27.2. The van der Waals surface area contributed by atoms with Crippen molar-refractivity contribution in [3.63, 3.8) is 0 Å². The highest BCUT2D eigenvalue weighted by Gasteiger charge is 2.34. The lowest BCUT2D eigenvalue weighted by molar-refractivity contribution is -0.253. The van der Waals surface area contributed by atoms with Crippen LogP contribution < -0.4 is 5.32 Å².